The van der Waals surface area contributed by atoms with Crippen LogP contribution in [0.5, 0.6) is 0 Å². The van der Waals surface area contributed by atoms with Gasteiger partial charge in [0.25, 0.3) is 11.5 Å². The number of hydrogen-bond donors (Lipinski definition) is 0. The number of hydrogen-bond acceptors (Lipinski definition) is 6. The summed E-state index contributed by atoms with van der Waals surface area (Å²) >= 11 is 0. The Morgan fingerprint density at radius 2 is 1.32 bits per heavy atom. The quantitative estimate of drug-likeness (QED) is 0.0560. The predicted molar refractivity (Wildman–Crippen MR) is 153 cm³/mol. The van der Waals surface area contributed by atoms with E-state index in [1.807, 2.05) is 12.1 Å². The lowest BCUT2D eigenvalue weighted by Gasteiger charge is -2.25. The van der Waals surface area contributed by atoms with Crippen LogP contribution in [-0.2, 0) is 0 Å². The molecule has 2 aromatic carbocycles. The molecule has 7 nitrogen and oxygen atoms in total. The van der Waals surface area contributed by atoms with Gasteiger partial charge in [0.15, 0.2) is 5.69 Å². The number of Topliss-reactive ketones (excluding diaryl/α,β-unsaturated/α-hetero) is 1. The first-order chi connectivity index (χ1) is 19.2. The number of rotatable bonds is 19. The number of nitrogens with zero attached hydrogens (tertiary/aromatic N) is 4. The number of halogens is 3. The van der Waals surface area contributed by atoms with Crippen molar-refractivity contribution in [1.82, 2.24) is 0 Å². The summed E-state index contributed by atoms with van der Waals surface area (Å²) in [6.45, 7) is 6.36. The van der Waals surface area contributed by atoms with Crippen LogP contribution >= 0.6 is 0 Å². The number of nitro benzene ring substituents is 1. The van der Waals surface area contributed by atoms with E-state index >= 15 is 0 Å². The number of alkyl halides is 3. The Kier molecular flexibility index (Phi) is 14.3. The van der Waals surface area contributed by atoms with Crippen molar-refractivity contribution in [3.05, 3.63) is 58.1 Å². The first kappa shape index (κ1) is 32.9. The average molecular weight is 563 g/mol. The third-order valence-corrected chi connectivity index (χ3v) is 6.74. The molecule has 0 radical (unpaired) electrons. The van der Waals surface area contributed by atoms with Crippen LogP contribution in [0, 0.1) is 10.1 Å². The molecule has 0 aromatic heterocycles. The normalized spacial score (nSPS) is 11.7. The van der Waals surface area contributed by atoms with Crippen molar-refractivity contribution in [3.63, 3.8) is 0 Å². The number of nitro groups is 1. The van der Waals surface area contributed by atoms with Gasteiger partial charge in [-0.3, -0.25) is 14.9 Å². The highest BCUT2D eigenvalue weighted by Crippen LogP contribution is 2.32. The number of unbranched alkanes of at least 4 members (excludes halogenated alkanes) is 10. The SMILES string of the molecule is CCCCCCCCN(CCCCCCCC)c1ccc(/N=N/c2ccc(C(=O)C(F)(F)F)cc2[N+](=O)[O-])cc1. The summed E-state index contributed by atoms with van der Waals surface area (Å²) in [6.07, 6.45) is 9.55. The van der Waals surface area contributed by atoms with Gasteiger partial charge in [0.05, 0.1) is 10.6 Å². The number of benzene rings is 2. The Hall–Kier alpha value is -3.30. The lowest BCUT2D eigenvalue weighted by molar-refractivity contribution is -0.384. The van der Waals surface area contributed by atoms with Gasteiger partial charge in [-0.2, -0.15) is 18.3 Å². The van der Waals surface area contributed by atoms with Crippen molar-refractivity contribution in [1.29, 1.82) is 0 Å². The zero-order valence-electron chi connectivity index (χ0n) is 23.6. The summed E-state index contributed by atoms with van der Waals surface area (Å²) in [4.78, 5) is 24.4. The second-order valence-electron chi connectivity index (χ2n) is 10.0. The van der Waals surface area contributed by atoms with Crippen molar-refractivity contribution in [3.8, 4) is 0 Å². The van der Waals surface area contributed by atoms with Crippen LogP contribution in [0.4, 0.5) is 35.9 Å². The van der Waals surface area contributed by atoms with E-state index in [0.29, 0.717) is 11.8 Å². The molecule has 220 valence electrons. The Morgan fingerprint density at radius 1 is 0.800 bits per heavy atom. The molecule has 0 fully saturated rings. The molecular weight excluding hydrogens is 521 g/mol. The average Bonchev–Trinajstić information content (AvgIpc) is 2.93. The molecule has 0 saturated heterocycles. The van der Waals surface area contributed by atoms with Gasteiger partial charge in [0, 0.05) is 30.4 Å². The first-order valence-electron chi connectivity index (χ1n) is 14.3. The van der Waals surface area contributed by atoms with E-state index < -0.39 is 28.1 Å². The molecule has 2 rings (SSSR count). The molecule has 0 amide bonds. The van der Waals surface area contributed by atoms with E-state index in [4.69, 9.17) is 0 Å². The molecular formula is C30H41F3N4O3. The lowest BCUT2D eigenvalue weighted by Crippen LogP contribution is -2.25. The fraction of sp³-hybridized carbons (Fsp3) is 0.567. The highest BCUT2D eigenvalue weighted by atomic mass is 19.4. The standard InChI is InChI=1S/C30H41F3N4O3/c1-3-5-7-9-11-13-21-36(22-14-12-10-8-6-4-2)26-18-16-25(17-19-26)34-35-27-20-15-24(23-28(27)37(39)40)29(38)30(31,32)33/h15-20,23H,3-14,21-22H2,1-2H3/b35-34+. The summed E-state index contributed by atoms with van der Waals surface area (Å²) < 4.78 is 38.2. The second kappa shape index (κ2) is 17.4. The van der Waals surface area contributed by atoms with E-state index in [1.165, 1.54) is 64.2 Å². The maximum absolute atomic E-state index is 12.7. The third-order valence-electron chi connectivity index (χ3n) is 6.74. The highest BCUT2D eigenvalue weighted by Gasteiger charge is 2.40. The van der Waals surface area contributed by atoms with Gasteiger partial charge in [-0.05, 0) is 49.2 Å². The molecule has 10 heteroatoms. The van der Waals surface area contributed by atoms with Crippen LogP contribution in [0.15, 0.2) is 52.7 Å². The Balaban J connectivity index is 2.09. The van der Waals surface area contributed by atoms with E-state index in [0.717, 1.165) is 43.8 Å². The van der Waals surface area contributed by atoms with Crippen molar-refractivity contribution >= 4 is 28.5 Å². The van der Waals surface area contributed by atoms with Crippen LogP contribution < -0.4 is 4.90 Å². The number of anilines is 1. The highest BCUT2D eigenvalue weighted by molar-refractivity contribution is 6.01. The molecule has 0 aliphatic rings. The molecule has 0 spiro atoms. The van der Waals surface area contributed by atoms with Gasteiger partial charge in [-0.25, -0.2) is 0 Å². The molecule has 0 heterocycles. The van der Waals surface area contributed by atoms with E-state index in [9.17, 15) is 28.1 Å². The van der Waals surface area contributed by atoms with Crippen molar-refractivity contribution in [2.45, 2.75) is 97.1 Å². The fourth-order valence-electron chi connectivity index (χ4n) is 4.44. The molecule has 0 aliphatic carbocycles. The zero-order valence-corrected chi connectivity index (χ0v) is 23.6. The monoisotopic (exact) mass is 562 g/mol. The molecule has 0 N–H and O–H groups in total. The fourth-order valence-corrected chi connectivity index (χ4v) is 4.44. The Bertz CT molecular complexity index is 1070. The Labute approximate surface area is 235 Å². The number of azo groups is 1. The first-order valence-corrected chi connectivity index (χ1v) is 14.3. The molecule has 0 atom stereocenters. The van der Waals surface area contributed by atoms with Crippen molar-refractivity contribution < 1.29 is 22.9 Å². The van der Waals surface area contributed by atoms with Gasteiger partial charge in [-0.1, -0.05) is 78.1 Å². The van der Waals surface area contributed by atoms with Gasteiger partial charge < -0.3 is 4.90 Å². The van der Waals surface area contributed by atoms with Crippen LogP contribution in [0.2, 0.25) is 0 Å². The summed E-state index contributed by atoms with van der Waals surface area (Å²) in [6, 6.07) is 9.86. The van der Waals surface area contributed by atoms with E-state index in [1.54, 1.807) is 12.1 Å². The molecule has 40 heavy (non-hydrogen) atoms. The summed E-state index contributed by atoms with van der Waals surface area (Å²) in [5.74, 6) is -2.15. The van der Waals surface area contributed by atoms with Gasteiger partial charge in [0.1, 0.15) is 0 Å². The molecule has 0 bridgehead atoms. The molecule has 2 aromatic rings. The number of ketones is 1. The molecule has 0 saturated carbocycles. The van der Waals surface area contributed by atoms with Gasteiger partial charge >= 0.3 is 6.18 Å². The summed E-state index contributed by atoms with van der Waals surface area (Å²) in [5.41, 5.74) is -0.256. The molecule has 0 aliphatic heterocycles. The topological polar surface area (TPSA) is 88.2 Å². The maximum Gasteiger partial charge on any atom is 0.454 e. The molecule has 0 unspecified atom stereocenters. The van der Waals surface area contributed by atoms with Crippen LogP contribution in [0.1, 0.15) is 101 Å². The van der Waals surface area contributed by atoms with Crippen LogP contribution in [-0.4, -0.2) is 30.0 Å². The summed E-state index contributed by atoms with van der Waals surface area (Å²) in [7, 11) is 0. The zero-order chi connectivity index (χ0) is 29.4. The minimum atomic E-state index is -5.13. The van der Waals surface area contributed by atoms with E-state index in [2.05, 4.69) is 29.0 Å². The van der Waals surface area contributed by atoms with Crippen LogP contribution in [0.3, 0.4) is 0 Å². The third kappa shape index (κ3) is 11.4. The van der Waals surface area contributed by atoms with Crippen LogP contribution in [0.25, 0.3) is 0 Å². The minimum absolute atomic E-state index is 0.236. The van der Waals surface area contributed by atoms with Gasteiger partial charge in [0.2, 0.25) is 0 Å². The number of carbonyl (C=O) groups is 1. The summed E-state index contributed by atoms with van der Waals surface area (Å²) in [5, 5.41) is 19.3. The van der Waals surface area contributed by atoms with Gasteiger partial charge in [-0.15, -0.1) is 5.11 Å². The van der Waals surface area contributed by atoms with Crippen molar-refractivity contribution in [2.75, 3.05) is 18.0 Å². The maximum atomic E-state index is 12.7. The Morgan fingerprint density at radius 3 is 1.82 bits per heavy atom. The van der Waals surface area contributed by atoms with Crippen molar-refractivity contribution in [2.24, 2.45) is 10.2 Å². The smallest absolute Gasteiger partial charge is 0.372 e. The predicted octanol–water partition coefficient (Wildman–Crippen LogP) is 10.3. The van der Waals surface area contributed by atoms with E-state index in [-0.39, 0.29) is 5.69 Å². The second-order valence-corrected chi connectivity index (χ2v) is 10.0. The largest absolute Gasteiger partial charge is 0.454 e. The number of carbonyl (C=O) groups excluding carboxylic acids is 1. The lowest BCUT2D eigenvalue weighted by atomic mass is 10.1. The minimum Gasteiger partial charge on any atom is -0.372 e.